The maximum Gasteiger partial charge on any atom is 0.338 e. The summed E-state index contributed by atoms with van der Waals surface area (Å²) in [5.41, 5.74) is 12.5. The molecular weight excluding hydrogens is 705 g/mol. The number of para-hydroxylation sites is 2. The third kappa shape index (κ3) is 10.3. The third-order valence-electron chi connectivity index (χ3n) is 8.97. The van der Waals surface area contributed by atoms with Crippen LogP contribution in [0.15, 0.2) is 120 Å². The molecule has 0 aliphatic carbocycles. The molecule has 12 heteroatoms. The molecule has 1 aliphatic rings. The van der Waals surface area contributed by atoms with E-state index in [0.29, 0.717) is 41.5 Å². The number of aliphatic hydroxyl groups is 1. The molecule has 11 nitrogen and oxygen atoms in total. The number of ether oxygens (including phenoxy) is 2. The van der Waals surface area contributed by atoms with Crippen LogP contribution >= 0.6 is 11.8 Å². The Hall–Kier alpha value is -5.53. The van der Waals surface area contributed by atoms with E-state index in [4.69, 9.17) is 15.2 Å². The first kappa shape index (κ1) is 38.2. The van der Waals surface area contributed by atoms with E-state index in [1.165, 1.54) is 11.8 Å². The van der Waals surface area contributed by atoms with Gasteiger partial charge in [-0.05, 0) is 70.6 Å². The van der Waals surface area contributed by atoms with Crippen LogP contribution in [-0.2, 0) is 32.2 Å². The lowest BCUT2D eigenvalue weighted by Gasteiger charge is -2.36. The quantitative estimate of drug-likeness (QED) is 0.0541. The van der Waals surface area contributed by atoms with Crippen LogP contribution in [-0.4, -0.2) is 44.8 Å². The number of benzene rings is 4. The number of aliphatic hydroxyl groups excluding tert-OH is 1. The molecule has 5 aromatic rings. The standard InChI is InChI=1S/C42H42N4O7S/c43-35-12-1-2-13-36(35)46-39(49)15-5-14-38(48)45-24-28-7-3-8-30(21-28)31-9-4-10-32(22-31)42-52-33(26-54-40-34(41(50)51)11-6-20-44-40)23-37(53-42)29-18-16-27(25-47)17-19-29/h1-4,6-13,16-22,33,37,42,47H,5,14-15,23-26,43H2,(H,45,48)(H,46,49)(H,50,51). The zero-order valence-electron chi connectivity index (χ0n) is 29.5. The van der Waals surface area contributed by atoms with E-state index in [9.17, 15) is 24.6 Å². The molecule has 278 valence electrons. The number of carbonyl (C=O) groups is 3. The number of nitrogens with zero attached hydrogens (tertiary/aromatic N) is 1. The maximum absolute atomic E-state index is 12.6. The summed E-state index contributed by atoms with van der Waals surface area (Å²) in [6.07, 6.45) is 1.65. The van der Waals surface area contributed by atoms with Gasteiger partial charge in [-0.1, -0.05) is 72.8 Å². The van der Waals surface area contributed by atoms with Crippen molar-refractivity contribution in [3.8, 4) is 11.1 Å². The Morgan fingerprint density at radius 3 is 2.35 bits per heavy atom. The molecule has 0 bridgehead atoms. The molecule has 2 heterocycles. The fraction of sp³-hybridized carbons (Fsp3) is 0.238. The number of amides is 2. The second-order valence-corrected chi connectivity index (χ2v) is 13.9. The lowest BCUT2D eigenvalue weighted by molar-refractivity contribution is -0.245. The van der Waals surface area contributed by atoms with Crippen LogP contribution < -0.4 is 16.4 Å². The number of thioether (sulfide) groups is 1. The Bertz CT molecular complexity index is 2080. The van der Waals surface area contributed by atoms with Gasteiger partial charge in [0.1, 0.15) is 5.03 Å². The van der Waals surface area contributed by atoms with Crippen LogP contribution in [0.4, 0.5) is 11.4 Å². The average Bonchev–Trinajstić information content (AvgIpc) is 3.20. The molecule has 0 radical (unpaired) electrons. The molecule has 4 aromatic carbocycles. The van der Waals surface area contributed by atoms with Crippen molar-refractivity contribution in [3.05, 3.63) is 143 Å². The Labute approximate surface area is 317 Å². The molecule has 3 unspecified atom stereocenters. The number of pyridine rings is 1. The number of carboxylic acid groups (broad SMARTS) is 1. The molecule has 0 spiro atoms. The van der Waals surface area contributed by atoms with Gasteiger partial charge >= 0.3 is 5.97 Å². The molecule has 0 saturated carbocycles. The predicted octanol–water partition coefficient (Wildman–Crippen LogP) is 7.28. The van der Waals surface area contributed by atoms with Gasteiger partial charge in [0.15, 0.2) is 6.29 Å². The van der Waals surface area contributed by atoms with Gasteiger partial charge in [-0.3, -0.25) is 9.59 Å². The van der Waals surface area contributed by atoms with Crippen LogP contribution in [0.25, 0.3) is 11.1 Å². The average molecular weight is 747 g/mol. The predicted molar refractivity (Wildman–Crippen MR) is 207 cm³/mol. The van der Waals surface area contributed by atoms with Crippen molar-refractivity contribution in [2.24, 2.45) is 0 Å². The number of hydrogen-bond donors (Lipinski definition) is 5. The zero-order valence-corrected chi connectivity index (χ0v) is 30.3. The van der Waals surface area contributed by atoms with Gasteiger partial charge in [0, 0.05) is 43.3 Å². The van der Waals surface area contributed by atoms with Gasteiger partial charge in [-0.25, -0.2) is 9.78 Å². The number of nitrogen functional groups attached to an aromatic ring is 1. The van der Waals surface area contributed by atoms with Gasteiger partial charge in [-0.15, -0.1) is 11.8 Å². The molecule has 1 saturated heterocycles. The van der Waals surface area contributed by atoms with E-state index in [0.717, 1.165) is 33.4 Å². The van der Waals surface area contributed by atoms with Crippen molar-refractivity contribution < 1.29 is 34.1 Å². The Morgan fingerprint density at radius 2 is 1.57 bits per heavy atom. The van der Waals surface area contributed by atoms with E-state index in [-0.39, 0.29) is 49.0 Å². The lowest BCUT2D eigenvalue weighted by Crippen LogP contribution is -2.31. The number of nitrogens with two attached hydrogens (primary N) is 1. The minimum absolute atomic E-state index is 0.0562. The maximum atomic E-state index is 12.6. The Morgan fingerprint density at radius 1 is 0.815 bits per heavy atom. The van der Waals surface area contributed by atoms with Crippen molar-refractivity contribution in [1.29, 1.82) is 0 Å². The highest BCUT2D eigenvalue weighted by Crippen LogP contribution is 2.40. The molecule has 1 aliphatic heterocycles. The zero-order chi connectivity index (χ0) is 37.9. The molecular formula is C42H42N4O7S. The highest BCUT2D eigenvalue weighted by Gasteiger charge is 2.33. The van der Waals surface area contributed by atoms with E-state index >= 15 is 0 Å². The highest BCUT2D eigenvalue weighted by atomic mass is 32.2. The molecule has 2 amide bonds. The highest BCUT2D eigenvalue weighted by molar-refractivity contribution is 7.99. The van der Waals surface area contributed by atoms with Crippen molar-refractivity contribution in [2.45, 2.75) is 62.4 Å². The number of aromatic nitrogens is 1. The minimum Gasteiger partial charge on any atom is -0.478 e. The number of rotatable bonds is 15. The third-order valence-corrected chi connectivity index (χ3v) is 10.1. The summed E-state index contributed by atoms with van der Waals surface area (Å²) in [6, 6.07) is 33.7. The fourth-order valence-corrected chi connectivity index (χ4v) is 7.12. The first-order valence-electron chi connectivity index (χ1n) is 17.7. The number of anilines is 2. The topological polar surface area (TPSA) is 173 Å². The molecule has 1 aromatic heterocycles. The number of carbonyl (C=O) groups excluding carboxylic acids is 2. The summed E-state index contributed by atoms with van der Waals surface area (Å²) < 4.78 is 13.1. The summed E-state index contributed by atoms with van der Waals surface area (Å²) in [5, 5.41) is 25.4. The van der Waals surface area contributed by atoms with Gasteiger partial charge < -0.3 is 36.1 Å². The van der Waals surface area contributed by atoms with Crippen LogP contribution in [0.3, 0.4) is 0 Å². The number of aromatic carboxylic acids is 1. The SMILES string of the molecule is Nc1ccccc1NC(=O)CCCC(=O)NCc1cccc(-c2cccc(C3OC(CSc4ncccc4C(=O)O)CC(c4ccc(CO)cc4)O3)c2)c1. The summed E-state index contributed by atoms with van der Waals surface area (Å²) in [6.45, 7) is 0.281. The van der Waals surface area contributed by atoms with Crippen molar-refractivity contribution in [3.63, 3.8) is 0 Å². The number of nitrogens with one attached hydrogen (secondary N) is 2. The van der Waals surface area contributed by atoms with Crippen molar-refractivity contribution in [1.82, 2.24) is 10.3 Å². The van der Waals surface area contributed by atoms with Crippen LogP contribution in [0.2, 0.25) is 0 Å². The molecule has 1 fully saturated rings. The van der Waals surface area contributed by atoms with Gasteiger partial charge in [0.05, 0.1) is 35.8 Å². The van der Waals surface area contributed by atoms with Crippen LogP contribution in [0.1, 0.15) is 70.7 Å². The molecule has 3 atom stereocenters. The molecule has 6 N–H and O–H groups in total. The van der Waals surface area contributed by atoms with E-state index in [1.54, 1.807) is 42.6 Å². The summed E-state index contributed by atoms with van der Waals surface area (Å²) in [4.78, 5) is 41.0. The minimum atomic E-state index is -1.03. The van der Waals surface area contributed by atoms with Crippen molar-refractivity contribution >= 4 is 40.9 Å². The number of carboxylic acids is 1. The second kappa shape index (κ2) is 18.5. The second-order valence-electron chi connectivity index (χ2n) is 12.9. The summed E-state index contributed by atoms with van der Waals surface area (Å²) in [7, 11) is 0. The largest absolute Gasteiger partial charge is 0.478 e. The van der Waals surface area contributed by atoms with E-state index in [2.05, 4.69) is 15.6 Å². The smallest absolute Gasteiger partial charge is 0.338 e. The van der Waals surface area contributed by atoms with Gasteiger partial charge in [-0.2, -0.15) is 0 Å². The summed E-state index contributed by atoms with van der Waals surface area (Å²) >= 11 is 1.34. The Kier molecular flexibility index (Phi) is 13.1. The molecule has 54 heavy (non-hydrogen) atoms. The number of hydrogen-bond acceptors (Lipinski definition) is 9. The Balaban J connectivity index is 1.09. The van der Waals surface area contributed by atoms with Crippen LogP contribution in [0, 0.1) is 0 Å². The van der Waals surface area contributed by atoms with E-state index in [1.807, 2.05) is 72.8 Å². The normalized spacial score (nSPS) is 16.7. The first-order valence-corrected chi connectivity index (χ1v) is 18.7. The molecule has 6 rings (SSSR count). The first-order chi connectivity index (χ1) is 26.2. The van der Waals surface area contributed by atoms with Crippen LogP contribution in [0.5, 0.6) is 0 Å². The summed E-state index contributed by atoms with van der Waals surface area (Å²) in [5.74, 6) is -0.906. The van der Waals surface area contributed by atoms with Gasteiger partial charge in [0.25, 0.3) is 0 Å². The fourth-order valence-electron chi connectivity index (χ4n) is 6.11. The van der Waals surface area contributed by atoms with Gasteiger partial charge in [0.2, 0.25) is 11.8 Å². The lowest BCUT2D eigenvalue weighted by atomic mass is 9.99. The van der Waals surface area contributed by atoms with E-state index < -0.39 is 12.3 Å². The monoisotopic (exact) mass is 746 g/mol. The van der Waals surface area contributed by atoms with Crippen molar-refractivity contribution in [2.75, 3.05) is 16.8 Å².